The molecule has 112 valence electrons. The van der Waals surface area contributed by atoms with Crippen molar-refractivity contribution in [3.8, 4) is 0 Å². The first-order valence-electron chi connectivity index (χ1n) is 6.79. The SMILES string of the molecule is Cc1cc(NN)cc(C)c1S(=O)(=O)NC(C)(C)C1CC1. The number of aryl methyl sites for hydroxylation is 2. The predicted octanol–water partition coefficient (Wildman–Crippen LogP) is 2.06. The van der Waals surface area contributed by atoms with Gasteiger partial charge >= 0.3 is 0 Å². The lowest BCUT2D eigenvalue weighted by Gasteiger charge is -2.27. The largest absolute Gasteiger partial charge is 0.324 e. The molecule has 0 atom stereocenters. The van der Waals surface area contributed by atoms with E-state index in [1.807, 2.05) is 13.8 Å². The maximum Gasteiger partial charge on any atom is 0.241 e. The zero-order valence-corrected chi connectivity index (χ0v) is 13.3. The van der Waals surface area contributed by atoms with Crippen molar-refractivity contribution in [2.45, 2.75) is 51.0 Å². The highest BCUT2D eigenvalue weighted by atomic mass is 32.2. The molecule has 0 radical (unpaired) electrons. The van der Waals surface area contributed by atoms with Gasteiger partial charge in [-0.25, -0.2) is 13.1 Å². The van der Waals surface area contributed by atoms with E-state index in [4.69, 9.17) is 5.84 Å². The summed E-state index contributed by atoms with van der Waals surface area (Å²) in [4.78, 5) is 0.352. The Labute approximate surface area is 121 Å². The lowest BCUT2D eigenvalue weighted by molar-refractivity contribution is 0.400. The molecule has 0 aliphatic heterocycles. The predicted molar refractivity (Wildman–Crippen MR) is 80.9 cm³/mol. The molecule has 6 heteroatoms. The van der Waals surface area contributed by atoms with Gasteiger partial charge in [0.15, 0.2) is 0 Å². The molecule has 20 heavy (non-hydrogen) atoms. The van der Waals surface area contributed by atoms with Crippen LogP contribution in [-0.2, 0) is 10.0 Å². The van der Waals surface area contributed by atoms with Crippen LogP contribution in [0.2, 0.25) is 0 Å². The molecule has 1 aliphatic carbocycles. The summed E-state index contributed by atoms with van der Waals surface area (Å²) in [6.07, 6.45) is 2.17. The van der Waals surface area contributed by atoms with Crippen LogP contribution >= 0.6 is 0 Å². The van der Waals surface area contributed by atoms with Gasteiger partial charge in [-0.15, -0.1) is 0 Å². The third-order valence-electron chi connectivity index (χ3n) is 3.89. The van der Waals surface area contributed by atoms with E-state index in [1.54, 1.807) is 26.0 Å². The van der Waals surface area contributed by atoms with Crippen molar-refractivity contribution < 1.29 is 8.42 Å². The van der Waals surface area contributed by atoms with Crippen LogP contribution in [-0.4, -0.2) is 14.0 Å². The van der Waals surface area contributed by atoms with Crippen molar-refractivity contribution in [1.82, 2.24) is 4.72 Å². The Bertz CT molecular complexity index is 596. The third kappa shape index (κ3) is 2.97. The summed E-state index contributed by atoms with van der Waals surface area (Å²) >= 11 is 0. The number of nitrogens with two attached hydrogens (primary N) is 1. The summed E-state index contributed by atoms with van der Waals surface area (Å²) in [6, 6.07) is 3.48. The average Bonchev–Trinajstić information content (AvgIpc) is 3.09. The van der Waals surface area contributed by atoms with Crippen LogP contribution in [0, 0.1) is 19.8 Å². The highest BCUT2D eigenvalue weighted by Crippen LogP contribution is 2.40. The molecule has 0 unspecified atom stereocenters. The number of nitrogen functional groups attached to an aromatic ring is 1. The summed E-state index contributed by atoms with van der Waals surface area (Å²) in [5, 5.41) is 0. The molecule has 0 aromatic heterocycles. The molecule has 4 N–H and O–H groups in total. The number of nitrogens with one attached hydrogen (secondary N) is 2. The van der Waals surface area contributed by atoms with Crippen LogP contribution in [0.3, 0.4) is 0 Å². The fraction of sp³-hybridized carbons (Fsp3) is 0.571. The molecule has 0 spiro atoms. The number of hydrazine groups is 1. The zero-order chi connectivity index (χ0) is 15.1. The Hall–Kier alpha value is -1.11. The van der Waals surface area contributed by atoms with Gasteiger partial charge in [-0.3, -0.25) is 5.84 Å². The molecule has 0 saturated heterocycles. The molecule has 1 fully saturated rings. The first-order chi connectivity index (χ1) is 9.17. The smallest absolute Gasteiger partial charge is 0.241 e. The monoisotopic (exact) mass is 297 g/mol. The molecule has 1 saturated carbocycles. The van der Waals surface area contributed by atoms with Crippen molar-refractivity contribution in [2.24, 2.45) is 11.8 Å². The highest BCUT2D eigenvalue weighted by molar-refractivity contribution is 7.89. The van der Waals surface area contributed by atoms with Crippen molar-refractivity contribution >= 4 is 15.7 Å². The molecule has 1 aromatic carbocycles. The van der Waals surface area contributed by atoms with Crippen LogP contribution < -0.4 is 16.0 Å². The van der Waals surface area contributed by atoms with Gasteiger partial charge in [0.25, 0.3) is 0 Å². The fourth-order valence-corrected chi connectivity index (χ4v) is 4.67. The van der Waals surface area contributed by atoms with Gasteiger partial charge in [-0.2, -0.15) is 0 Å². The van der Waals surface area contributed by atoms with E-state index in [1.165, 1.54) is 0 Å². The van der Waals surface area contributed by atoms with Crippen LogP contribution in [0.25, 0.3) is 0 Å². The van der Waals surface area contributed by atoms with Gasteiger partial charge in [0.2, 0.25) is 10.0 Å². The fourth-order valence-electron chi connectivity index (χ4n) is 2.74. The number of hydrogen-bond donors (Lipinski definition) is 3. The molecule has 0 heterocycles. The van der Waals surface area contributed by atoms with Gasteiger partial charge in [0.1, 0.15) is 0 Å². The molecule has 2 rings (SSSR count). The molecule has 0 bridgehead atoms. The number of anilines is 1. The third-order valence-corrected chi connectivity index (χ3v) is 5.87. The van der Waals surface area contributed by atoms with Gasteiger partial charge in [0.05, 0.1) is 4.90 Å². The van der Waals surface area contributed by atoms with E-state index in [0.29, 0.717) is 27.6 Å². The van der Waals surface area contributed by atoms with Crippen molar-refractivity contribution in [3.05, 3.63) is 23.3 Å². The van der Waals surface area contributed by atoms with Gasteiger partial charge in [0, 0.05) is 11.2 Å². The van der Waals surface area contributed by atoms with E-state index in [2.05, 4.69) is 10.1 Å². The molecule has 5 nitrogen and oxygen atoms in total. The van der Waals surface area contributed by atoms with Crippen molar-refractivity contribution in [1.29, 1.82) is 0 Å². The standard InChI is InChI=1S/C14H23N3O2S/c1-9-7-12(16-15)8-10(2)13(9)20(18,19)17-14(3,4)11-5-6-11/h7-8,11,16-17H,5-6,15H2,1-4H3. The molecule has 1 aliphatic rings. The molecule has 1 aromatic rings. The van der Waals surface area contributed by atoms with E-state index >= 15 is 0 Å². The minimum Gasteiger partial charge on any atom is -0.324 e. The number of sulfonamides is 1. The topological polar surface area (TPSA) is 84.2 Å². The summed E-state index contributed by atoms with van der Waals surface area (Å²) in [6.45, 7) is 7.46. The summed E-state index contributed by atoms with van der Waals surface area (Å²) in [5.74, 6) is 5.81. The second kappa shape index (κ2) is 5.02. The van der Waals surface area contributed by atoms with Crippen LogP contribution in [0.5, 0.6) is 0 Å². The average molecular weight is 297 g/mol. The zero-order valence-electron chi connectivity index (χ0n) is 12.4. The van der Waals surface area contributed by atoms with Crippen LogP contribution in [0.15, 0.2) is 17.0 Å². The quantitative estimate of drug-likeness (QED) is 0.574. The number of hydrogen-bond acceptors (Lipinski definition) is 4. The summed E-state index contributed by atoms with van der Waals surface area (Å²) in [7, 11) is -3.53. The Morgan fingerprint density at radius 1 is 1.20 bits per heavy atom. The van der Waals surface area contributed by atoms with E-state index in [9.17, 15) is 8.42 Å². The van der Waals surface area contributed by atoms with Gasteiger partial charge in [-0.1, -0.05) is 0 Å². The lowest BCUT2D eigenvalue weighted by Crippen LogP contribution is -2.45. The lowest BCUT2D eigenvalue weighted by atomic mass is 10.0. The maximum atomic E-state index is 12.7. The van der Waals surface area contributed by atoms with Crippen LogP contribution in [0.1, 0.15) is 37.8 Å². The van der Waals surface area contributed by atoms with Crippen molar-refractivity contribution in [2.75, 3.05) is 5.43 Å². The maximum absolute atomic E-state index is 12.7. The summed E-state index contributed by atoms with van der Waals surface area (Å²) < 4.78 is 28.2. The number of rotatable bonds is 5. The minimum atomic E-state index is -3.53. The van der Waals surface area contributed by atoms with E-state index in [-0.39, 0.29) is 0 Å². The molecular weight excluding hydrogens is 274 g/mol. The van der Waals surface area contributed by atoms with Crippen LogP contribution in [0.4, 0.5) is 5.69 Å². The minimum absolute atomic E-state index is 0.352. The molecular formula is C14H23N3O2S. The second-order valence-electron chi connectivity index (χ2n) is 6.18. The first-order valence-corrected chi connectivity index (χ1v) is 8.27. The van der Waals surface area contributed by atoms with E-state index < -0.39 is 15.6 Å². The Balaban J connectivity index is 2.39. The van der Waals surface area contributed by atoms with Gasteiger partial charge < -0.3 is 5.43 Å². The summed E-state index contributed by atoms with van der Waals surface area (Å²) in [5.41, 5.74) is 4.24. The van der Waals surface area contributed by atoms with Crippen molar-refractivity contribution in [3.63, 3.8) is 0 Å². The Morgan fingerprint density at radius 2 is 1.70 bits per heavy atom. The highest BCUT2D eigenvalue weighted by Gasteiger charge is 2.41. The second-order valence-corrected chi connectivity index (χ2v) is 7.80. The Morgan fingerprint density at radius 3 is 2.10 bits per heavy atom. The van der Waals surface area contributed by atoms with E-state index in [0.717, 1.165) is 12.8 Å². The first kappa shape index (κ1) is 15.3. The van der Waals surface area contributed by atoms with Gasteiger partial charge in [-0.05, 0) is 69.7 Å². The Kier molecular flexibility index (Phi) is 3.83. The number of benzene rings is 1. The normalized spacial score (nSPS) is 16.2. The molecule has 0 amide bonds.